The van der Waals surface area contributed by atoms with Gasteiger partial charge in [0.25, 0.3) is 11.1 Å². The van der Waals surface area contributed by atoms with Gasteiger partial charge in [-0.05, 0) is 142 Å². The Morgan fingerprint density at radius 3 is 1.36 bits per heavy atom. The number of halogens is 3. The van der Waals surface area contributed by atoms with E-state index in [-0.39, 0.29) is 36.2 Å². The summed E-state index contributed by atoms with van der Waals surface area (Å²) in [5.41, 5.74) is 11.2. The predicted octanol–water partition coefficient (Wildman–Crippen LogP) is 9.28. The van der Waals surface area contributed by atoms with Crippen LogP contribution in [0.3, 0.4) is 0 Å². The van der Waals surface area contributed by atoms with Gasteiger partial charge in [0.05, 0.1) is 41.1 Å². The molecular weight excluding hydrogens is 940 g/mol. The molecule has 5 heterocycles. The number of rotatable bonds is 4. The molecular formula is C51H58F3N9O9. The zero-order chi connectivity index (χ0) is 53.5. The SMILES string of the molecule is CC(C)(C)OC(=O)n1c(CO)cc2cc(F)ccc21.CC(C)(C)OC(=O)n1c(Cn2ccnc(N)c2=O)cc2cc(F)ccc21.CCc1cc2cc(F)ccc2n1C(=O)OC(C)(C)C.Nc1ncc[nH]c1=O. The van der Waals surface area contributed by atoms with E-state index in [0.717, 1.165) is 5.69 Å². The molecule has 8 aromatic rings. The van der Waals surface area contributed by atoms with Crippen molar-refractivity contribution in [1.82, 2.24) is 33.2 Å². The van der Waals surface area contributed by atoms with Crippen LogP contribution in [-0.2, 0) is 33.8 Å². The zero-order valence-corrected chi connectivity index (χ0v) is 41.5. The van der Waals surface area contributed by atoms with E-state index < -0.39 is 52.3 Å². The number of hydrogen-bond acceptors (Lipinski definition) is 13. The van der Waals surface area contributed by atoms with E-state index in [0.29, 0.717) is 50.5 Å². The lowest BCUT2D eigenvalue weighted by molar-refractivity contribution is 0.0524. The molecule has 0 aliphatic carbocycles. The van der Waals surface area contributed by atoms with Gasteiger partial charge in [0.15, 0.2) is 11.6 Å². The van der Waals surface area contributed by atoms with Gasteiger partial charge in [-0.3, -0.25) is 9.59 Å². The summed E-state index contributed by atoms with van der Waals surface area (Å²) in [7, 11) is 0. The number of ether oxygens (including phenoxy) is 3. The summed E-state index contributed by atoms with van der Waals surface area (Å²) in [5.74, 6) is -1.25. The fraction of sp³-hybridized carbons (Fsp3) is 0.314. The van der Waals surface area contributed by atoms with Crippen molar-refractivity contribution in [2.45, 2.75) is 106 Å². The number of aryl methyl sites for hydroxylation is 1. The number of nitrogens with zero attached hydrogens (tertiary/aromatic N) is 6. The summed E-state index contributed by atoms with van der Waals surface area (Å²) in [5, 5.41) is 11.1. The largest absolute Gasteiger partial charge is 0.443 e. The van der Waals surface area contributed by atoms with Gasteiger partial charge in [0.1, 0.15) is 34.3 Å². The number of aliphatic hydroxyl groups is 1. The lowest BCUT2D eigenvalue weighted by Gasteiger charge is -2.21. The summed E-state index contributed by atoms with van der Waals surface area (Å²) in [6.45, 7) is 17.7. The second kappa shape index (κ2) is 22.3. The van der Waals surface area contributed by atoms with Crippen LogP contribution in [0.5, 0.6) is 0 Å². The highest BCUT2D eigenvalue weighted by atomic mass is 19.1. The number of aromatic nitrogens is 7. The van der Waals surface area contributed by atoms with Crippen molar-refractivity contribution in [3.63, 3.8) is 0 Å². The average molecular weight is 998 g/mol. The lowest BCUT2D eigenvalue weighted by Crippen LogP contribution is -2.29. The molecule has 0 amide bonds. The summed E-state index contributed by atoms with van der Waals surface area (Å²) in [6.07, 6.45) is 4.78. The number of fused-ring (bicyclic) bond motifs is 3. The first-order valence-electron chi connectivity index (χ1n) is 22.4. The van der Waals surface area contributed by atoms with Crippen LogP contribution in [-0.4, -0.2) is 73.4 Å². The van der Waals surface area contributed by atoms with E-state index in [1.807, 2.05) is 33.8 Å². The number of benzene rings is 3. The number of nitrogen functional groups attached to an aromatic ring is 2. The molecule has 0 aliphatic rings. The predicted molar refractivity (Wildman–Crippen MR) is 267 cm³/mol. The third-order valence-corrected chi connectivity index (χ3v) is 9.78. The molecule has 5 aromatic heterocycles. The highest BCUT2D eigenvalue weighted by Gasteiger charge is 2.25. The Bertz CT molecular complexity index is 3260. The van der Waals surface area contributed by atoms with Gasteiger partial charge in [-0.2, -0.15) is 0 Å². The number of carbonyl (C=O) groups is 3. The topological polar surface area (TPSA) is 247 Å². The number of H-pyrrole nitrogens is 1. The van der Waals surface area contributed by atoms with Crippen LogP contribution < -0.4 is 22.6 Å². The van der Waals surface area contributed by atoms with Gasteiger partial charge >= 0.3 is 18.3 Å². The number of aliphatic hydroxyl groups excluding tert-OH is 1. The van der Waals surface area contributed by atoms with Crippen LogP contribution in [0.15, 0.2) is 107 Å². The molecule has 0 atom stereocenters. The molecule has 0 unspecified atom stereocenters. The van der Waals surface area contributed by atoms with E-state index in [4.69, 9.17) is 25.7 Å². The molecule has 8 rings (SSSR count). The summed E-state index contributed by atoms with van der Waals surface area (Å²) in [6, 6.07) is 17.6. The minimum atomic E-state index is -0.705. The molecule has 0 bridgehead atoms. The Kier molecular flexibility index (Phi) is 16.9. The van der Waals surface area contributed by atoms with Gasteiger partial charge < -0.3 is 40.3 Å². The molecule has 0 spiro atoms. The zero-order valence-electron chi connectivity index (χ0n) is 41.5. The molecule has 0 saturated carbocycles. The normalized spacial score (nSPS) is 11.5. The molecule has 3 aromatic carbocycles. The van der Waals surface area contributed by atoms with Crippen LogP contribution in [0.2, 0.25) is 0 Å². The molecule has 382 valence electrons. The van der Waals surface area contributed by atoms with Gasteiger partial charge in [0.2, 0.25) is 0 Å². The van der Waals surface area contributed by atoms with Gasteiger partial charge in [-0.15, -0.1) is 0 Å². The minimum absolute atomic E-state index is 0.00694. The Hall–Kier alpha value is -8.20. The smallest absolute Gasteiger partial charge is 0.419 e. The number of anilines is 2. The van der Waals surface area contributed by atoms with E-state index in [1.165, 1.54) is 91.6 Å². The average Bonchev–Trinajstić information content (AvgIpc) is 3.95. The Morgan fingerprint density at radius 1 is 0.597 bits per heavy atom. The number of nitrogens with one attached hydrogen (secondary N) is 1. The first-order valence-corrected chi connectivity index (χ1v) is 22.4. The van der Waals surface area contributed by atoms with Crippen LogP contribution in [0.4, 0.5) is 39.2 Å². The van der Waals surface area contributed by atoms with Crippen molar-refractivity contribution < 1.29 is 46.9 Å². The molecule has 0 saturated heterocycles. The first kappa shape index (κ1) is 54.7. The third kappa shape index (κ3) is 14.2. The van der Waals surface area contributed by atoms with Crippen molar-refractivity contribution in [3.8, 4) is 0 Å². The van der Waals surface area contributed by atoms with Crippen molar-refractivity contribution >= 4 is 62.6 Å². The molecule has 72 heavy (non-hydrogen) atoms. The Morgan fingerprint density at radius 2 is 0.986 bits per heavy atom. The maximum atomic E-state index is 13.6. The molecule has 6 N–H and O–H groups in total. The highest BCUT2D eigenvalue weighted by molar-refractivity contribution is 5.93. The minimum Gasteiger partial charge on any atom is -0.443 e. The van der Waals surface area contributed by atoms with Crippen LogP contribution in [0.1, 0.15) is 86.3 Å². The molecule has 0 fully saturated rings. The van der Waals surface area contributed by atoms with Gasteiger partial charge in [0, 0.05) is 46.6 Å². The summed E-state index contributed by atoms with van der Waals surface area (Å²) >= 11 is 0. The summed E-state index contributed by atoms with van der Waals surface area (Å²) in [4.78, 5) is 69.2. The van der Waals surface area contributed by atoms with Gasteiger partial charge in [-0.1, -0.05) is 6.92 Å². The molecule has 21 heteroatoms. The second-order valence-electron chi connectivity index (χ2n) is 19.0. The Labute approximate surface area is 411 Å². The van der Waals surface area contributed by atoms with Crippen LogP contribution >= 0.6 is 0 Å². The number of carbonyl (C=O) groups excluding carboxylic acids is 3. The van der Waals surface area contributed by atoms with Crippen LogP contribution in [0, 0.1) is 17.5 Å². The van der Waals surface area contributed by atoms with Crippen molar-refractivity contribution in [2.24, 2.45) is 0 Å². The van der Waals surface area contributed by atoms with Crippen molar-refractivity contribution in [3.05, 3.63) is 153 Å². The van der Waals surface area contributed by atoms with Gasteiger partial charge in [-0.25, -0.2) is 51.2 Å². The van der Waals surface area contributed by atoms with E-state index in [9.17, 15) is 42.3 Å². The number of hydrogen-bond donors (Lipinski definition) is 4. The third-order valence-electron chi connectivity index (χ3n) is 9.78. The fourth-order valence-electron chi connectivity index (χ4n) is 6.92. The van der Waals surface area contributed by atoms with E-state index in [2.05, 4.69) is 15.0 Å². The van der Waals surface area contributed by atoms with Crippen molar-refractivity contribution in [2.75, 3.05) is 11.5 Å². The monoisotopic (exact) mass is 997 g/mol. The first-order chi connectivity index (χ1) is 33.6. The summed E-state index contributed by atoms with van der Waals surface area (Å²) < 4.78 is 61.6. The second-order valence-corrected chi connectivity index (χ2v) is 19.0. The molecule has 18 nitrogen and oxygen atoms in total. The maximum absolute atomic E-state index is 13.6. The maximum Gasteiger partial charge on any atom is 0.419 e. The standard InChI is InChI=1S/C18H19FN4O3.C15H18FNO2.C14H16FNO3.C4H5N3O/c1-18(2,3)26-17(25)23-13(9-11-8-12(19)4-5-14(11)23)10-22-7-6-21-15(20)16(22)24;1-5-12-9-10-8-11(16)6-7-13(10)17(12)14(18)19-15(2,3)4;1-14(2,3)19-13(18)16-11(8-17)7-9-6-10(15)4-5-12(9)16;5-3-4(8)7-2-1-6-3/h4-9H,10H2,1-3H3,(H2,20,21);6-9H,5H2,1-4H3;4-7,17H,8H2,1-3H3;1-2H,(H2,5,6)(H,7,8). The van der Waals surface area contributed by atoms with Crippen molar-refractivity contribution in [1.29, 1.82) is 0 Å². The fourth-order valence-corrected chi connectivity index (χ4v) is 6.92. The van der Waals surface area contributed by atoms with E-state index in [1.54, 1.807) is 59.7 Å². The molecule has 0 radical (unpaired) electrons. The van der Waals surface area contributed by atoms with E-state index >= 15 is 0 Å². The number of aromatic amines is 1. The van der Waals surface area contributed by atoms with Crippen LogP contribution in [0.25, 0.3) is 32.7 Å². The number of nitrogens with two attached hydrogens (primary N) is 2. The Balaban J connectivity index is 0.000000189. The molecule has 0 aliphatic heterocycles. The lowest BCUT2D eigenvalue weighted by atomic mass is 10.2. The highest BCUT2D eigenvalue weighted by Crippen LogP contribution is 2.26. The quantitative estimate of drug-likeness (QED) is 0.120.